The molecule has 25 heavy (non-hydrogen) atoms. The summed E-state index contributed by atoms with van der Waals surface area (Å²) in [5.41, 5.74) is 1.21. The molecule has 3 rings (SSSR count). The summed E-state index contributed by atoms with van der Waals surface area (Å²) in [5, 5.41) is 9.83. The van der Waals surface area contributed by atoms with Gasteiger partial charge in [-0.15, -0.1) is 0 Å². The van der Waals surface area contributed by atoms with E-state index >= 15 is 0 Å². The van der Waals surface area contributed by atoms with Gasteiger partial charge >= 0.3 is 5.97 Å². The number of hydrogen-bond donors (Lipinski definition) is 1. The van der Waals surface area contributed by atoms with Crippen LogP contribution in [0, 0.1) is 0 Å². The van der Waals surface area contributed by atoms with Crippen LogP contribution in [-0.2, 0) is 9.53 Å². The summed E-state index contributed by atoms with van der Waals surface area (Å²) in [6.07, 6.45) is -0.206. The zero-order valence-corrected chi connectivity index (χ0v) is 14.1. The van der Waals surface area contributed by atoms with Gasteiger partial charge in [0.2, 0.25) is 0 Å². The molecule has 1 saturated heterocycles. The molecule has 7 nitrogen and oxygen atoms in total. The Labute approximate surface area is 145 Å². The predicted molar refractivity (Wildman–Crippen MR) is 92.5 cm³/mol. The predicted octanol–water partition coefficient (Wildman–Crippen LogP) is 1.09. The average molecular weight is 343 g/mol. The second-order valence-corrected chi connectivity index (χ2v) is 6.22. The molecule has 1 unspecified atom stereocenters. The first-order chi connectivity index (χ1) is 12.0. The Morgan fingerprint density at radius 3 is 2.92 bits per heavy atom. The molecule has 1 aliphatic heterocycles. The number of ether oxygens (including phenoxy) is 1. The Balaban J connectivity index is 1.67. The summed E-state index contributed by atoms with van der Waals surface area (Å²) in [7, 11) is 1.73. The first-order valence-electron chi connectivity index (χ1n) is 8.20. The third kappa shape index (κ3) is 4.32. The van der Waals surface area contributed by atoms with E-state index in [0.29, 0.717) is 31.9 Å². The van der Waals surface area contributed by atoms with Gasteiger partial charge in [0.1, 0.15) is 5.69 Å². The average Bonchev–Trinajstić information content (AvgIpc) is 2.60. The topological polar surface area (TPSA) is 83.0 Å². The third-order valence-corrected chi connectivity index (χ3v) is 4.16. The molecular formula is C18H21N3O4. The maximum Gasteiger partial charge on any atom is 0.317 e. The SMILES string of the molecule is CN(CC(=O)O)CC1CN(C(=O)c2ccc3ccccc3n2)CCO1. The minimum Gasteiger partial charge on any atom is -0.480 e. The number of aliphatic carboxylic acids is 1. The molecule has 0 bridgehead atoms. The summed E-state index contributed by atoms with van der Waals surface area (Å²) in [5.74, 6) is -1.01. The normalized spacial score (nSPS) is 17.8. The zero-order valence-electron chi connectivity index (χ0n) is 14.1. The van der Waals surface area contributed by atoms with Crippen LogP contribution in [-0.4, -0.2) is 77.7 Å². The van der Waals surface area contributed by atoms with Crippen LogP contribution < -0.4 is 0 Å². The fourth-order valence-electron chi connectivity index (χ4n) is 3.00. The molecule has 1 aromatic carbocycles. The van der Waals surface area contributed by atoms with Crippen LogP contribution in [0.1, 0.15) is 10.5 Å². The lowest BCUT2D eigenvalue weighted by molar-refractivity contribution is -0.138. The number of fused-ring (bicyclic) bond motifs is 1. The molecule has 1 N–H and O–H groups in total. The summed E-state index contributed by atoms with van der Waals surface area (Å²) in [6, 6.07) is 11.3. The molecule has 1 fully saturated rings. The number of benzene rings is 1. The number of morpholine rings is 1. The largest absolute Gasteiger partial charge is 0.480 e. The minimum absolute atomic E-state index is 0.0555. The van der Waals surface area contributed by atoms with Gasteiger partial charge in [-0.05, 0) is 19.2 Å². The molecule has 132 valence electrons. The highest BCUT2D eigenvalue weighted by atomic mass is 16.5. The summed E-state index contributed by atoms with van der Waals surface area (Å²) in [4.78, 5) is 31.4. The van der Waals surface area contributed by atoms with Crippen molar-refractivity contribution >= 4 is 22.8 Å². The maximum absolute atomic E-state index is 12.8. The molecule has 0 spiro atoms. The molecule has 1 amide bonds. The summed E-state index contributed by atoms with van der Waals surface area (Å²) in [6.45, 7) is 1.77. The molecule has 7 heteroatoms. The van der Waals surface area contributed by atoms with Gasteiger partial charge in [-0.1, -0.05) is 24.3 Å². The van der Waals surface area contributed by atoms with E-state index in [9.17, 15) is 9.59 Å². The maximum atomic E-state index is 12.8. The smallest absolute Gasteiger partial charge is 0.317 e. The van der Waals surface area contributed by atoms with Gasteiger partial charge in [-0.2, -0.15) is 0 Å². The molecule has 0 radical (unpaired) electrons. The Hall–Kier alpha value is -2.51. The minimum atomic E-state index is -0.883. The first kappa shape index (κ1) is 17.3. The molecular weight excluding hydrogens is 322 g/mol. The van der Waals surface area contributed by atoms with E-state index in [1.807, 2.05) is 30.3 Å². The number of amides is 1. The fraction of sp³-hybridized carbons (Fsp3) is 0.389. The number of rotatable bonds is 5. The van der Waals surface area contributed by atoms with Gasteiger partial charge in [0, 0.05) is 25.0 Å². The van der Waals surface area contributed by atoms with E-state index in [2.05, 4.69) is 4.98 Å². The number of para-hydroxylation sites is 1. The number of carbonyl (C=O) groups is 2. The first-order valence-corrected chi connectivity index (χ1v) is 8.20. The summed E-state index contributed by atoms with van der Waals surface area (Å²) >= 11 is 0. The Bertz CT molecular complexity index is 780. The van der Waals surface area contributed by atoms with E-state index in [0.717, 1.165) is 10.9 Å². The number of pyridine rings is 1. The lowest BCUT2D eigenvalue weighted by Gasteiger charge is -2.34. The van der Waals surface area contributed by atoms with Crippen molar-refractivity contribution in [3.63, 3.8) is 0 Å². The highest BCUT2D eigenvalue weighted by Gasteiger charge is 2.27. The van der Waals surface area contributed by atoms with Crippen LogP contribution in [0.4, 0.5) is 0 Å². The number of aromatic nitrogens is 1. The number of nitrogens with zero attached hydrogens (tertiary/aromatic N) is 3. The van der Waals surface area contributed by atoms with E-state index in [1.165, 1.54) is 0 Å². The highest BCUT2D eigenvalue weighted by Crippen LogP contribution is 2.15. The van der Waals surface area contributed by atoms with Crippen molar-refractivity contribution in [1.82, 2.24) is 14.8 Å². The number of likely N-dealkylation sites (N-methyl/N-ethyl adjacent to an activating group) is 1. The van der Waals surface area contributed by atoms with Gasteiger partial charge < -0.3 is 14.7 Å². The number of hydrogen-bond acceptors (Lipinski definition) is 5. The van der Waals surface area contributed by atoms with Crippen molar-refractivity contribution in [3.8, 4) is 0 Å². The van der Waals surface area contributed by atoms with Crippen molar-refractivity contribution in [2.75, 3.05) is 39.8 Å². The van der Waals surface area contributed by atoms with Crippen LogP contribution in [0.2, 0.25) is 0 Å². The Kier molecular flexibility index (Phi) is 5.25. The van der Waals surface area contributed by atoms with E-state index in [4.69, 9.17) is 9.84 Å². The van der Waals surface area contributed by atoms with Crippen LogP contribution in [0.5, 0.6) is 0 Å². The van der Waals surface area contributed by atoms with E-state index in [-0.39, 0.29) is 18.6 Å². The second-order valence-electron chi connectivity index (χ2n) is 6.22. The van der Waals surface area contributed by atoms with Gasteiger partial charge in [0.15, 0.2) is 0 Å². The fourth-order valence-corrected chi connectivity index (χ4v) is 3.00. The number of carbonyl (C=O) groups excluding carboxylic acids is 1. The number of carboxylic acid groups (broad SMARTS) is 1. The van der Waals surface area contributed by atoms with Crippen molar-refractivity contribution in [2.45, 2.75) is 6.10 Å². The monoisotopic (exact) mass is 343 g/mol. The highest BCUT2D eigenvalue weighted by molar-refractivity contribution is 5.95. The molecule has 1 aromatic heterocycles. The van der Waals surface area contributed by atoms with Gasteiger partial charge in [-0.3, -0.25) is 14.5 Å². The van der Waals surface area contributed by atoms with E-state index < -0.39 is 5.97 Å². The molecule has 1 atom stereocenters. The van der Waals surface area contributed by atoms with Crippen molar-refractivity contribution in [2.24, 2.45) is 0 Å². The molecule has 0 aliphatic carbocycles. The quantitative estimate of drug-likeness (QED) is 0.875. The van der Waals surface area contributed by atoms with Gasteiger partial charge in [0.25, 0.3) is 5.91 Å². The molecule has 2 aromatic rings. The lowest BCUT2D eigenvalue weighted by atomic mass is 10.2. The van der Waals surface area contributed by atoms with Crippen LogP contribution in [0.15, 0.2) is 36.4 Å². The lowest BCUT2D eigenvalue weighted by Crippen LogP contribution is -2.49. The van der Waals surface area contributed by atoms with Crippen molar-refractivity contribution in [1.29, 1.82) is 0 Å². The zero-order chi connectivity index (χ0) is 17.8. The van der Waals surface area contributed by atoms with Crippen LogP contribution in [0.3, 0.4) is 0 Å². The summed E-state index contributed by atoms with van der Waals surface area (Å²) < 4.78 is 5.67. The van der Waals surface area contributed by atoms with Gasteiger partial charge in [-0.25, -0.2) is 4.98 Å². The molecule has 0 saturated carbocycles. The van der Waals surface area contributed by atoms with E-state index in [1.54, 1.807) is 22.9 Å². The van der Waals surface area contributed by atoms with Crippen LogP contribution >= 0.6 is 0 Å². The Morgan fingerprint density at radius 1 is 1.32 bits per heavy atom. The third-order valence-electron chi connectivity index (χ3n) is 4.16. The number of carboxylic acids is 1. The van der Waals surface area contributed by atoms with Crippen molar-refractivity contribution in [3.05, 3.63) is 42.1 Å². The molecule has 1 aliphatic rings. The Morgan fingerprint density at radius 2 is 2.12 bits per heavy atom. The van der Waals surface area contributed by atoms with Crippen LogP contribution in [0.25, 0.3) is 10.9 Å². The molecule has 2 heterocycles. The van der Waals surface area contributed by atoms with Crippen molar-refractivity contribution < 1.29 is 19.4 Å². The second kappa shape index (κ2) is 7.58. The van der Waals surface area contributed by atoms with Gasteiger partial charge in [0.05, 0.1) is 24.8 Å². The standard InChI is InChI=1S/C18H21N3O4/c1-20(12-17(22)23)10-14-11-21(8-9-25-14)18(24)16-7-6-13-4-2-3-5-15(13)19-16/h2-7,14H,8-12H2,1H3,(H,22,23).